The monoisotopic (exact) mass is 334 g/mol. The van der Waals surface area contributed by atoms with E-state index in [1.807, 2.05) is 0 Å². The first kappa shape index (κ1) is 20.8. The molecule has 0 aliphatic carbocycles. The summed E-state index contributed by atoms with van der Waals surface area (Å²) in [6.07, 6.45) is 0.302. The van der Waals surface area contributed by atoms with Gasteiger partial charge in [0.2, 0.25) is 0 Å². The van der Waals surface area contributed by atoms with Gasteiger partial charge in [-0.25, -0.2) is 0 Å². The summed E-state index contributed by atoms with van der Waals surface area (Å²) in [6.45, 7) is 3.11. The van der Waals surface area contributed by atoms with Crippen molar-refractivity contribution in [2.45, 2.75) is 35.9 Å². The van der Waals surface area contributed by atoms with E-state index in [0.717, 1.165) is 21.6 Å². The Kier molecular flexibility index (Phi) is 10.6. The molecule has 0 aromatic rings. The van der Waals surface area contributed by atoms with E-state index in [-0.39, 0.29) is 43.8 Å². The van der Waals surface area contributed by atoms with Gasteiger partial charge >= 0.3 is 29.6 Å². The van der Waals surface area contributed by atoms with E-state index in [1.54, 1.807) is 13.8 Å². The zero-order valence-corrected chi connectivity index (χ0v) is 15.0. The molecule has 2 atom stereocenters. The fourth-order valence-corrected chi connectivity index (χ4v) is 7.10. The van der Waals surface area contributed by atoms with E-state index in [2.05, 4.69) is 0 Å². The van der Waals surface area contributed by atoms with Gasteiger partial charge in [-0.15, -0.1) is 0 Å². The van der Waals surface area contributed by atoms with Crippen LogP contribution in [-0.2, 0) is 20.2 Å². The normalized spacial score (nSPS) is 16.0. The van der Waals surface area contributed by atoms with Gasteiger partial charge in [-0.1, -0.05) is 35.4 Å². The summed E-state index contributed by atoms with van der Waals surface area (Å²) in [7, 11) is -6.94. The average molecular weight is 334 g/mol. The molecule has 100 valence electrons. The molecular formula is C6H15NaO6S4. The molecule has 0 rings (SSSR count). The Labute approximate surface area is 133 Å². The third-order valence-corrected chi connectivity index (χ3v) is 9.30. The molecule has 0 spiro atoms. The molecule has 6 nitrogen and oxygen atoms in total. The van der Waals surface area contributed by atoms with Gasteiger partial charge in [-0.3, -0.25) is 9.11 Å². The Hall–Kier alpha value is 1.52. The molecule has 2 unspecified atom stereocenters. The fourth-order valence-electron chi connectivity index (χ4n) is 0.781. The number of rotatable bonds is 7. The van der Waals surface area contributed by atoms with Crippen molar-refractivity contribution < 1.29 is 56.9 Å². The Morgan fingerprint density at radius 2 is 1.18 bits per heavy atom. The predicted octanol–water partition coefficient (Wildman–Crippen LogP) is -1.27. The Morgan fingerprint density at radius 1 is 0.941 bits per heavy atom. The molecular weight excluding hydrogens is 319 g/mol. The molecule has 0 aliphatic rings. The van der Waals surface area contributed by atoms with Crippen LogP contribution >= 0.6 is 21.6 Å². The summed E-state index contributed by atoms with van der Waals surface area (Å²) < 4.78 is 58.7. The summed E-state index contributed by atoms with van der Waals surface area (Å²) in [5.41, 5.74) is 0. The predicted molar refractivity (Wildman–Crippen MR) is 67.5 cm³/mol. The number of hydrogen-bond donors (Lipinski definition) is 2. The maximum absolute atomic E-state index is 10.8. The molecule has 0 radical (unpaired) electrons. The molecule has 0 saturated heterocycles. The van der Waals surface area contributed by atoms with Gasteiger partial charge in [0.05, 0.1) is 0 Å². The van der Waals surface area contributed by atoms with Gasteiger partial charge in [-0.2, -0.15) is 16.8 Å². The van der Waals surface area contributed by atoms with Crippen molar-refractivity contribution in [2.24, 2.45) is 0 Å². The van der Waals surface area contributed by atoms with Gasteiger partial charge in [0, 0.05) is 0 Å². The summed E-state index contributed by atoms with van der Waals surface area (Å²) in [4.78, 5) is 0. The van der Waals surface area contributed by atoms with Crippen LogP contribution in [0.25, 0.3) is 0 Å². The van der Waals surface area contributed by atoms with Crippen LogP contribution in [-0.4, -0.2) is 35.1 Å². The Morgan fingerprint density at radius 3 is 1.29 bits per heavy atom. The van der Waals surface area contributed by atoms with E-state index in [1.165, 1.54) is 0 Å². The molecule has 0 fully saturated rings. The van der Waals surface area contributed by atoms with Gasteiger partial charge in [-0.05, 0) is 12.8 Å². The number of hydrogen-bond acceptors (Lipinski definition) is 6. The molecule has 0 aromatic heterocycles. The van der Waals surface area contributed by atoms with Crippen LogP contribution in [0.15, 0.2) is 0 Å². The maximum atomic E-state index is 10.8. The second-order valence-electron chi connectivity index (χ2n) is 2.90. The first-order valence-electron chi connectivity index (χ1n) is 4.37. The topological polar surface area (TPSA) is 109 Å². The van der Waals surface area contributed by atoms with E-state index in [9.17, 15) is 16.8 Å². The molecule has 0 bridgehead atoms. The van der Waals surface area contributed by atoms with Crippen molar-refractivity contribution >= 4 is 41.8 Å². The smallest absolute Gasteiger partial charge is 1.00 e. The molecule has 17 heavy (non-hydrogen) atoms. The van der Waals surface area contributed by atoms with E-state index in [0.29, 0.717) is 0 Å². The summed E-state index contributed by atoms with van der Waals surface area (Å²) in [5.74, 6) is 0. The van der Waals surface area contributed by atoms with E-state index < -0.39 is 29.4 Å². The summed E-state index contributed by atoms with van der Waals surface area (Å²) >= 11 is 0. The van der Waals surface area contributed by atoms with Crippen LogP contribution < -0.4 is 29.6 Å². The third kappa shape index (κ3) is 8.32. The van der Waals surface area contributed by atoms with Crippen molar-refractivity contribution in [3.05, 3.63) is 0 Å². The van der Waals surface area contributed by atoms with Crippen molar-refractivity contribution in [1.82, 2.24) is 0 Å². The molecule has 0 saturated carbocycles. The van der Waals surface area contributed by atoms with Gasteiger partial charge in [0.25, 0.3) is 20.2 Å². The van der Waals surface area contributed by atoms with Crippen molar-refractivity contribution in [1.29, 1.82) is 0 Å². The molecule has 11 heteroatoms. The zero-order chi connectivity index (χ0) is 13.0. The first-order chi connectivity index (χ1) is 7.12. The first-order valence-corrected chi connectivity index (χ1v) is 9.65. The minimum atomic E-state index is -4.20. The van der Waals surface area contributed by atoms with Crippen molar-refractivity contribution in [3.8, 4) is 0 Å². The summed E-state index contributed by atoms with van der Waals surface area (Å²) in [5, 5.41) is 0. The van der Waals surface area contributed by atoms with Crippen LogP contribution in [0.3, 0.4) is 0 Å². The zero-order valence-electron chi connectivity index (χ0n) is 10.7. The third-order valence-electron chi connectivity index (χ3n) is 1.60. The minimum Gasteiger partial charge on any atom is -1.00 e. The fraction of sp³-hybridized carbons (Fsp3) is 1.00. The average Bonchev–Trinajstić information content (AvgIpc) is 2.08. The van der Waals surface area contributed by atoms with Crippen LogP contribution in [0.1, 0.15) is 28.1 Å². The van der Waals surface area contributed by atoms with Crippen LogP contribution in [0.4, 0.5) is 0 Å². The van der Waals surface area contributed by atoms with Gasteiger partial charge in [0.1, 0.15) is 9.16 Å². The van der Waals surface area contributed by atoms with E-state index in [4.69, 9.17) is 9.11 Å². The van der Waals surface area contributed by atoms with Crippen LogP contribution in [0.5, 0.6) is 0 Å². The Balaban J connectivity index is -0.00000112. The largest absolute Gasteiger partial charge is 1.00 e. The second kappa shape index (κ2) is 8.64. The minimum absolute atomic E-state index is 0. The molecule has 0 amide bonds. The summed E-state index contributed by atoms with van der Waals surface area (Å²) in [6, 6.07) is 0. The van der Waals surface area contributed by atoms with Crippen LogP contribution in [0.2, 0.25) is 0 Å². The van der Waals surface area contributed by atoms with Crippen LogP contribution in [0, 0.1) is 0 Å². The molecule has 0 heterocycles. The molecule has 2 N–H and O–H groups in total. The molecule has 0 aromatic carbocycles. The van der Waals surface area contributed by atoms with Crippen molar-refractivity contribution in [2.75, 3.05) is 0 Å². The van der Waals surface area contributed by atoms with Crippen molar-refractivity contribution in [3.63, 3.8) is 0 Å². The van der Waals surface area contributed by atoms with E-state index >= 15 is 0 Å². The van der Waals surface area contributed by atoms with Gasteiger partial charge < -0.3 is 1.43 Å². The Bertz CT molecular complexity index is 370. The standard InChI is InChI=1S/C6H14O6S4.Na.H/c1-3-5(15(7,8)9)13-14-6(4-2)16(10,11)12;;/h5-6H,3-4H2,1-2H3,(H,7,8,9)(H,10,11,12);;/q;+1;-1. The second-order valence-corrected chi connectivity index (χ2v) is 9.37. The quantitative estimate of drug-likeness (QED) is 0.337. The maximum Gasteiger partial charge on any atom is 1.00 e. The van der Waals surface area contributed by atoms with Gasteiger partial charge in [0.15, 0.2) is 0 Å². The molecule has 0 aliphatic heterocycles. The SMILES string of the molecule is CCC(SSC(CC)S(=O)(=O)O)S(=O)(=O)O.[H-].[Na+].